The van der Waals surface area contributed by atoms with E-state index in [2.05, 4.69) is 35.7 Å². The summed E-state index contributed by atoms with van der Waals surface area (Å²) in [5, 5.41) is 0. The van der Waals surface area contributed by atoms with E-state index in [1.807, 2.05) is 54.2 Å². The Morgan fingerprint density at radius 3 is 2.85 bits per heavy atom. The third-order valence-electron chi connectivity index (χ3n) is 3.95. The molecule has 0 atom stereocenters. The van der Waals surface area contributed by atoms with Crippen LogP contribution in [0.3, 0.4) is 0 Å². The molecule has 0 saturated carbocycles. The number of nitrogens with zero attached hydrogens (tertiary/aromatic N) is 4. The average molecular weight is 347 g/mol. The fraction of sp³-hybridized carbons (Fsp3) is 0.286. The maximum Gasteiger partial charge on any atom is 0.137 e. The fourth-order valence-corrected chi connectivity index (χ4v) is 2.74. The van der Waals surface area contributed by atoms with Gasteiger partial charge in [-0.2, -0.15) is 0 Å². The number of rotatable bonds is 4. The fourth-order valence-electron chi connectivity index (χ4n) is 2.74. The maximum atomic E-state index is 5.90. The minimum absolute atomic E-state index is 0.136. The standard InChI is InChI=1S/C21H25N5/c1-15-13-26-9-7-16(10-19(26)25-15)20-18(6-5-8-24-20)17(11-22)12-23-14-21(2,3)4/h5-13H,14,22H2,1-4H3. The van der Waals surface area contributed by atoms with Crippen LogP contribution >= 0.6 is 0 Å². The molecule has 0 unspecified atom stereocenters. The lowest BCUT2D eigenvalue weighted by molar-refractivity contribution is 0.430. The lowest BCUT2D eigenvalue weighted by Gasteiger charge is -2.14. The molecule has 5 heteroatoms. The molecule has 0 amide bonds. The molecule has 0 aromatic carbocycles. The normalized spacial score (nSPS) is 13.0. The van der Waals surface area contributed by atoms with Gasteiger partial charge in [0, 0.05) is 54.2 Å². The summed E-state index contributed by atoms with van der Waals surface area (Å²) in [6.07, 6.45) is 9.22. The minimum atomic E-state index is 0.136. The van der Waals surface area contributed by atoms with Crippen LogP contribution in [0.5, 0.6) is 0 Å². The van der Waals surface area contributed by atoms with Crippen molar-refractivity contribution in [3.63, 3.8) is 0 Å². The van der Waals surface area contributed by atoms with E-state index in [0.717, 1.165) is 40.3 Å². The van der Waals surface area contributed by atoms with Crippen LogP contribution in [0.4, 0.5) is 0 Å². The SMILES string of the molecule is Cc1cn2ccc(-c3ncccc3C(C=NCC(C)(C)C)=CN)cc2n1. The van der Waals surface area contributed by atoms with Gasteiger partial charge in [0.2, 0.25) is 0 Å². The highest BCUT2D eigenvalue weighted by Gasteiger charge is 2.12. The summed E-state index contributed by atoms with van der Waals surface area (Å²) < 4.78 is 2.01. The summed E-state index contributed by atoms with van der Waals surface area (Å²) in [7, 11) is 0. The van der Waals surface area contributed by atoms with E-state index in [4.69, 9.17) is 5.73 Å². The van der Waals surface area contributed by atoms with Gasteiger partial charge >= 0.3 is 0 Å². The van der Waals surface area contributed by atoms with Crippen molar-refractivity contribution in [1.82, 2.24) is 14.4 Å². The Morgan fingerprint density at radius 2 is 2.12 bits per heavy atom. The van der Waals surface area contributed by atoms with Gasteiger partial charge in [0.15, 0.2) is 0 Å². The molecule has 0 aliphatic rings. The highest BCUT2D eigenvalue weighted by Crippen LogP contribution is 2.27. The molecule has 0 fully saturated rings. The maximum absolute atomic E-state index is 5.90. The summed E-state index contributed by atoms with van der Waals surface area (Å²) in [6, 6.07) is 8.02. The van der Waals surface area contributed by atoms with Gasteiger partial charge in [-0.25, -0.2) is 4.98 Å². The summed E-state index contributed by atoms with van der Waals surface area (Å²) >= 11 is 0. The highest BCUT2D eigenvalue weighted by atomic mass is 15.0. The van der Waals surface area contributed by atoms with Crippen LogP contribution in [0, 0.1) is 12.3 Å². The topological polar surface area (TPSA) is 68.6 Å². The molecule has 0 radical (unpaired) electrons. The quantitative estimate of drug-likeness (QED) is 0.722. The number of imidazole rings is 1. The third-order valence-corrected chi connectivity index (χ3v) is 3.95. The number of pyridine rings is 2. The first-order valence-corrected chi connectivity index (χ1v) is 8.70. The van der Waals surface area contributed by atoms with E-state index < -0.39 is 0 Å². The van der Waals surface area contributed by atoms with Crippen LogP contribution in [-0.2, 0) is 0 Å². The van der Waals surface area contributed by atoms with Crippen molar-refractivity contribution < 1.29 is 0 Å². The third kappa shape index (κ3) is 3.99. The molecule has 0 aliphatic carbocycles. The molecule has 3 aromatic rings. The molecule has 3 heterocycles. The van der Waals surface area contributed by atoms with Gasteiger partial charge in [0.1, 0.15) is 5.65 Å². The van der Waals surface area contributed by atoms with E-state index in [1.54, 1.807) is 12.4 Å². The second-order valence-electron chi connectivity index (χ2n) is 7.62. The molecular weight excluding hydrogens is 322 g/mol. The van der Waals surface area contributed by atoms with Crippen molar-refractivity contribution in [3.8, 4) is 11.3 Å². The van der Waals surface area contributed by atoms with Gasteiger partial charge in [-0.15, -0.1) is 0 Å². The predicted octanol–water partition coefficient (Wildman–Crippen LogP) is 4.12. The van der Waals surface area contributed by atoms with Gasteiger partial charge in [-0.3, -0.25) is 9.98 Å². The Hall–Kier alpha value is -2.95. The first-order chi connectivity index (χ1) is 12.4. The zero-order valence-electron chi connectivity index (χ0n) is 15.8. The number of aromatic nitrogens is 3. The molecule has 134 valence electrons. The second kappa shape index (κ2) is 7.12. The van der Waals surface area contributed by atoms with E-state index in [1.165, 1.54) is 0 Å². The lowest BCUT2D eigenvalue weighted by atomic mass is 9.97. The van der Waals surface area contributed by atoms with Crippen LogP contribution in [0.25, 0.3) is 22.5 Å². The Balaban J connectivity index is 2.01. The monoisotopic (exact) mass is 347 g/mol. The van der Waals surface area contributed by atoms with Crippen molar-refractivity contribution >= 4 is 17.4 Å². The van der Waals surface area contributed by atoms with Crippen LogP contribution in [0.2, 0.25) is 0 Å². The van der Waals surface area contributed by atoms with E-state index in [9.17, 15) is 0 Å². The molecular formula is C21H25N5. The van der Waals surface area contributed by atoms with Crippen LogP contribution in [-0.4, -0.2) is 27.1 Å². The van der Waals surface area contributed by atoms with Crippen molar-refractivity contribution in [1.29, 1.82) is 0 Å². The molecule has 3 aromatic heterocycles. The van der Waals surface area contributed by atoms with E-state index in [-0.39, 0.29) is 5.41 Å². The summed E-state index contributed by atoms with van der Waals surface area (Å²) in [5.74, 6) is 0. The minimum Gasteiger partial charge on any atom is -0.404 e. The van der Waals surface area contributed by atoms with Gasteiger partial charge in [0.05, 0.1) is 11.4 Å². The number of hydrogen-bond donors (Lipinski definition) is 1. The van der Waals surface area contributed by atoms with Crippen molar-refractivity contribution in [2.24, 2.45) is 16.1 Å². The number of aryl methyl sites for hydroxylation is 1. The van der Waals surface area contributed by atoms with E-state index >= 15 is 0 Å². The Kier molecular flexibility index (Phi) is 4.89. The smallest absolute Gasteiger partial charge is 0.137 e. The average Bonchev–Trinajstić information content (AvgIpc) is 2.97. The van der Waals surface area contributed by atoms with Crippen molar-refractivity contribution in [2.75, 3.05) is 6.54 Å². The number of nitrogens with two attached hydrogens (primary N) is 1. The molecule has 0 saturated heterocycles. The van der Waals surface area contributed by atoms with E-state index in [0.29, 0.717) is 0 Å². The van der Waals surface area contributed by atoms with Gasteiger partial charge in [-0.1, -0.05) is 26.8 Å². The first kappa shape index (κ1) is 17.9. The highest BCUT2D eigenvalue weighted by molar-refractivity contribution is 6.11. The molecule has 2 N–H and O–H groups in total. The summed E-state index contributed by atoms with van der Waals surface area (Å²) in [5.41, 5.74) is 11.6. The molecule has 0 bridgehead atoms. The van der Waals surface area contributed by atoms with Crippen LogP contribution in [0.15, 0.2) is 54.0 Å². The lowest BCUT2D eigenvalue weighted by Crippen LogP contribution is -2.09. The second-order valence-corrected chi connectivity index (χ2v) is 7.62. The van der Waals surface area contributed by atoms with Crippen LogP contribution < -0.4 is 5.73 Å². The molecule has 0 spiro atoms. The zero-order chi connectivity index (χ0) is 18.7. The molecule has 3 rings (SSSR count). The largest absolute Gasteiger partial charge is 0.404 e. The number of aliphatic imine (C=N–C) groups is 1. The van der Waals surface area contributed by atoms with Crippen LogP contribution in [0.1, 0.15) is 32.0 Å². The Labute approximate surface area is 154 Å². The molecule has 26 heavy (non-hydrogen) atoms. The number of allylic oxidation sites excluding steroid dienone is 1. The van der Waals surface area contributed by atoms with Gasteiger partial charge in [-0.05, 0) is 30.5 Å². The van der Waals surface area contributed by atoms with Gasteiger partial charge < -0.3 is 10.1 Å². The summed E-state index contributed by atoms with van der Waals surface area (Å²) in [6.45, 7) is 9.20. The summed E-state index contributed by atoms with van der Waals surface area (Å²) in [4.78, 5) is 13.7. The van der Waals surface area contributed by atoms with Gasteiger partial charge in [0.25, 0.3) is 0 Å². The predicted molar refractivity (Wildman–Crippen MR) is 108 cm³/mol. The Bertz CT molecular complexity index is 973. The molecule has 0 aliphatic heterocycles. The van der Waals surface area contributed by atoms with Crippen molar-refractivity contribution in [3.05, 3.63) is 60.3 Å². The Morgan fingerprint density at radius 1 is 1.31 bits per heavy atom. The zero-order valence-corrected chi connectivity index (χ0v) is 15.8. The number of fused-ring (bicyclic) bond motifs is 1. The number of hydrogen-bond acceptors (Lipinski definition) is 4. The molecule has 5 nitrogen and oxygen atoms in total. The van der Waals surface area contributed by atoms with Crippen molar-refractivity contribution in [2.45, 2.75) is 27.7 Å². The first-order valence-electron chi connectivity index (χ1n) is 8.70.